The molecule has 0 saturated carbocycles. The van der Waals surface area contributed by atoms with Gasteiger partial charge in [-0.2, -0.15) is 0 Å². The van der Waals surface area contributed by atoms with Crippen LogP contribution in [-0.2, 0) is 9.53 Å². The quantitative estimate of drug-likeness (QED) is 0.727. The van der Waals surface area contributed by atoms with E-state index in [1.165, 1.54) is 20.1 Å². The van der Waals surface area contributed by atoms with Crippen molar-refractivity contribution in [2.45, 2.75) is 19.9 Å². The Bertz CT molecular complexity index is 372. The molecular formula is C9H12N2O4. The summed E-state index contributed by atoms with van der Waals surface area (Å²) in [5.41, 5.74) is 0.603. The van der Waals surface area contributed by atoms with Gasteiger partial charge >= 0.3 is 5.97 Å². The van der Waals surface area contributed by atoms with Crippen molar-refractivity contribution < 1.29 is 18.8 Å². The molecule has 0 aliphatic rings. The number of nitrogens with one attached hydrogen (secondary N) is 1. The summed E-state index contributed by atoms with van der Waals surface area (Å²) in [5, 5.41) is 5.97. The Morgan fingerprint density at radius 3 is 2.73 bits per heavy atom. The fraction of sp³-hybridized carbons (Fsp3) is 0.444. The molecule has 1 rings (SSSR count). The Morgan fingerprint density at radius 2 is 2.27 bits per heavy atom. The summed E-state index contributed by atoms with van der Waals surface area (Å²) in [6, 6.07) is 0.771. The molecule has 1 amide bonds. The molecule has 0 bridgehead atoms. The van der Waals surface area contributed by atoms with E-state index in [9.17, 15) is 9.59 Å². The van der Waals surface area contributed by atoms with E-state index in [1.54, 1.807) is 6.92 Å². The maximum absolute atomic E-state index is 11.4. The minimum absolute atomic E-state index is 0.0725. The molecule has 1 atom stereocenters. The number of rotatable bonds is 3. The van der Waals surface area contributed by atoms with Gasteiger partial charge in [-0.3, -0.25) is 4.79 Å². The maximum atomic E-state index is 11.4. The van der Waals surface area contributed by atoms with Gasteiger partial charge in [-0.15, -0.1) is 0 Å². The van der Waals surface area contributed by atoms with E-state index in [1.807, 2.05) is 0 Å². The monoisotopic (exact) mass is 212 g/mol. The molecular weight excluding hydrogens is 200 g/mol. The average molecular weight is 212 g/mol. The zero-order valence-corrected chi connectivity index (χ0v) is 8.73. The van der Waals surface area contributed by atoms with E-state index in [4.69, 9.17) is 4.52 Å². The summed E-state index contributed by atoms with van der Waals surface area (Å²) < 4.78 is 9.18. The standard InChI is InChI=1S/C9H12N2O4/c1-5-4-7(15-11-5)8(12)10-6(2)9(13)14-3/h4,6H,1-3H3,(H,10,12)/t6-/m0/s1. The Hall–Kier alpha value is -1.85. The Labute approximate surface area is 86.6 Å². The van der Waals surface area contributed by atoms with Gasteiger partial charge in [0.2, 0.25) is 5.76 Å². The fourth-order valence-corrected chi connectivity index (χ4v) is 0.974. The predicted octanol–water partition coefficient (Wildman–Crippen LogP) is 0.274. The molecule has 0 radical (unpaired) electrons. The molecule has 1 aromatic rings. The Morgan fingerprint density at radius 1 is 1.60 bits per heavy atom. The van der Waals surface area contributed by atoms with Gasteiger partial charge < -0.3 is 14.6 Å². The first-order valence-corrected chi connectivity index (χ1v) is 4.36. The first kappa shape index (κ1) is 11.2. The highest BCUT2D eigenvalue weighted by molar-refractivity contribution is 5.94. The second kappa shape index (κ2) is 4.59. The van der Waals surface area contributed by atoms with Crippen LogP contribution in [0.1, 0.15) is 23.2 Å². The van der Waals surface area contributed by atoms with Crippen molar-refractivity contribution in [1.82, 2.24) is 10.5 Å². The van der Waals surface area contributed by atoms with Crippen LogP contribution < -0.4 is 5.32 Å². The van der Waals surface area contributed by atoms with E-state index in [2.05, 4.69) is 15.2 Å². The van der Waals surface area contributed by atoms with Crippen LogP contribution in [0.25, 0.3) is 0 Å². The number of ether oxygens (including phenoxy) is 1. The summed E-state index contributed by atoms with van der Waals surface area (Å²) in [6.45, 7) is 3.22. The summed E-state index contributed by atoms with van der Waals surface area (Å²) >= 11 is 0. The zero-order valence-electron chi connectivity index (χ0n) is 8.73. The SMILES string of the molecule is COC(=O)[C@H](C)NC(=O)c1cc(C)no1. The second-order valence-corrected chi connectivity index (χ2v) is 3.05. The van der Waals surface area contributed by atoms with Crippen molar-refractivity contribution in [3.05, 3.63) is 17.5 Å². The normalized spacial score (nSPS) is 11.9. The molecule has 0 spiro atoms. The number of aryl methyl sites for hydroxylation is 1. The molecule has 15 heavy (non-hydrogen) atoms. The van der Waals surface area contributed by atoms with Crippen molar-refractivity contribution in [2.24, 2.45) is 0 Å². The van der Waals surface area contributed by atoms with Crippen LogP contribution in [0.4, 0.5) is 0 Å². The Kier molecular flexibility index (Phi) is 3.43. The molecule has 0 fully saturated rings. The molecule has 6 nitrogen and oxygen atoms in total. The number of hydrogen-bond acceptors (Lipinski definition) is 5. The number of carbonyl (C=O) groups excluding carboxylic acids is 2. The van der Waals surface area contributed by atoms with Crippen LogP contribution in [0, 0.1) is 6.92 Å². The fourth-order valence-electron chi connectivity index (χ4n) is 0.974. The molecule has 1 heterocycles. The predicted molar refractivity (Wildman–Crippen MR) is 50.2 cm³/mol. The summed E-state index contributed by atoms with van der Waals surface area (Å²) in [7, 11) is 1.25. The van der Waals surface area contributed by atoms with Gasteiger partial charge in [0.15, 0.2) is 0 Å². The Balaban J connectivity index is 2.60. The van der Waals surface area contributed by atoms with Crippen molar-refractivity contribution in [1.29, 1.82) is 0 Å². The topological polar surface area (TPSA) is 81.4 Å². The number of esters is 1. The zero-order chi connectivity index (χ0) is 11.4. The summed E-state index contributed by atoms with van der Waals surface area (Å²) in [5.74, 6) is -0.934. The highest BCUT2D eigenvalue weighted by Gasteiger charge is 2.19. The van der Waals surface area contributed by atoms with E-state index >= 15 is 0 Å². The smallest absolute Gasteiger partial charge is 0.328 e. The van der Waals surface area contributed by atoms with Crippen LogP contribution in [-0.4, -0.2) is 30.2 Å². The van der Waals surface area contributed by atoms with Gasteiger partial charge in [0, 0.05) is 6.07 Å². The highest BCUT2D eigenvalue weighted by Crippen LogP contribution is 2.02. The number of nitrogens with zero attached hydrogens (tertiary/aromatic N) is 1. The van der Waals surface area contributed by atoms with Crippen LogP contribution in [0.3, 0.4) is 0 Å². The van der Waals surface area contributed by atoms with E-state index in [0.29, 0.717) is 5.69 Å². The van der Waals surface area contributed by atoms with Gasteiger partial charge in [0.05, 0.1) is 12.8 Å². The first-order chi connectivity index (χ1) is 7.04. The average Bonchev–Trinajstić information content (AvgIpc) is 2.63. The van der Waals surface area contributed by atoms with E-state index in [0.717, 1.165) is 0 Å². The largest absolute Gasteiger partial charge is 0.467 e. The second-order valence-electron chi connectivity index (χ2n) is 3.05. The minimum Gasteiger partial charge on any atom is -0.467 e. The van der Waals surface area contributed by atoms with Gasteiger partial charge in [-0.25, -0.2) is 4.79 Å². The van der Waals surface area contributed by atoms with E-state index in [-0.39, 0.29) is 5.76 Å². The molecule has 1 N–H and O–H groups in total. The lowest BCUT2D eigenvalue weighted by molar-refractivity contribution is -0.142. The van der Waals surface area contributed by atoms with Crippen molar-refractivity contribution in [3.8, 4) is 0 Å². The molecule has 1 aromatic heterocycles. The van der Waals surface area contributed by atoms with Crippen LogP contribution in [0.15, 0.2) is 10.6 Å². The lowest BCUT2D eigenvalue weighted by Crippen LogP contribution is -2.38. The summed E-state index contributed by atoms with van der Waals surface area (Å²) in [4.78, 5) is 22.4. The number of aromatic nitrogens is 1. The maximum Gasteiger partial charge on any atom is 0.328 e. The third kappa shape index (κ3) is 2.80. The summed E-state index contributed by atoms with van der Waals surface area (Å²) in [6.07, 6.45) is 0. The van der Waals surface area contributed by atoms with Crippen molar-refractivity contribution in [2.75, 3.05) is 7.11 Å². The van der Waals surface area contributed by atoms with Gasteiger partial charge in [0.1, 0.15) is 6.04 Å². The molecule has 0 aliphatic heterocycles. The third-order valence-electron chi connectivity index (χ3n) is 1.75. The van der Waals surface area contributed by atoms with Crippen molar-refractivity contribution in [3.63, 3.8) is 0 Å². The lowest BCUT2D eigenvalue weighted by atomic mass is 10.3. The van der Waals surface area contributed by atoms with E-state index < -0.39 is 17.9 Å². The lowest BCUT2D eigenvalue weighted by Gasteiger charge is -2.09. The van der Waals surface area contributed by atoms with Crippen LogP contribution >= 0.6 is 0 Å². The van der Waals surface area contributed by atoms with Gasteiger partial charge in [0.25, 0.3) is 5.91 Å². The molecule has 0 aliphatic carbocycles. The molecule has 0 aromatic carbocycles. The number of amides is 1. The van der Waals surface area contributed by atoms with Crippen molar-refractivity contribution >= 4 is 11.9 Å². The van der Waals surface area contributed by atoms with Gasteiger partial charge in [-0.1, -0.05) is 5.16 Å². The first-order valence-electron chi connectivity index (χ1n) is 4.36. The number of methoxy groups -OCH3 is 1. The molecule has 6 heteroatoms. The molecule has 82 valence electrons. The molecule has 0 saturated heterocycles. The molecule has 0 unspecified atom stereocenters. The van der Waals surface area contributed by atoms with Crippen LogP contribution in [0.2, 0.25) is 0 Å². The number of hydrogen-bond donors (Lipinski definition) is 1. The van der Waals surface area contributed by atoms with Gasteiger partial charge in [-0.05, 0) is 13.8 Å². The van der Waals surface area contributed by atoms with Crippen LogP contribution in [0.5, 0.6) is 0 Å². The number of carbonyl (C=O) groups is 2. The highest BCUT2D eigenvalue weighted by atomic mass is 16.5. The third-order valence-corrected chi connectivity index (χ3v) is 1.75. The minimum atomic E-state index is -0.715.